The van der Waals surface area contributed by atoms with E-state index in [0.29, 0.717) is 22.9 Å². The zero-order valence-electron chi connectivity index (χ0n) is 12.1. The Balaban J connectivity index is 1.75. The Morgan fingerprint density at radius 1 is 1.17 bits per heavy atom. The largest absolute Gasteiger partial charge is 0.496 e. The number of methoxy groups -OCH3 is 1. The first-order valence-corrected chi connectivity index (χ1v) is 7.09. The van der Waals surface area contributed by atoms with E-state index in [1.54, 1.807) is 13.2 Å². The molecule has 3 rings (SSSR count). The fourth-order valence-corrected chi connectivity index (χ4v) is 2.21. The number of hydrogen-bond donors (Lipinski definition) is 0. The molecular formula is C16H12ClFN2O3. The summed E-state index contributed by atoms with van der Waals surface area (Å²) in [5.74, 6) is 1.21. The van der Waals surface area contributed by atoms with Crippen LogP contribution in [0.4, 0.5) is 4.39 Å². The molecule has 23 heavy (non-hydrogen) atoms. The van der Waals surface area contributed by atoms with Crippen molar-refractivity contribution in [1.29, 1.82) is 0 Å². The smallest absolute Gasteiger partial charge is 0.264 e. The highest BCUT2D eigenvalue weighted by Gasteiger charge is 2.13. The minimum absolute atomic E-state index is 0.0213. The van der Waals surface area contributed by atoms with Crippen molar-refractivity contribution in [3.8, 4) is 22.9 Å². The third kappa shape index (κ3) is 3.43. The molecule has 0 N–H and O–H groups in total. The van der Waals surface area contributed by atoms with Gasteiger partial charge in [-0.15, -0.1) is 0 Å². The van der Waals surface area contributed by atoms with Crippen molar-refractivity contribution in [1.82, 2.24) is 10.1 Å². The summed E-state index contributed by atoms with van der Waals surface area (Å²) in [5, 5.41) is 4.08. The van der Waals surface area contributed by atoms with Crippen LogP contribution in [0.1, 0.15) is 5.89 Å². The summed E-state index contributed by atoms with van der Waals surface area (Å²) >= 11 is 5.89. The van der Waals surface area contributed by atoms with Gasteiger partial charge in [-0.1, -0.05) is 28.9 Å². The normalized spacial score (nSPS) is 10.6. The highest BCUT2D eigenvalue weighted by Crippen LogP contribution is 2.28. The highest BCUT2D eigenvalue weighted by atomic mass is 35.5. The average Bonchev–Trinajstić information content (AvgIpc) is 3.03. The van der Waals surface area contributed by atoms with Crippen LogP contribution in [0, 0.1) is 5.82 Å². The van der Waals surface area contributed by atoms with Crippen LogP contribution in [0.25, 0.3) is 11.4 Å². The quantitative estimate of drug-likeness (QED) is 0.702. The van der Waals surface area contributed by atoms with Gasteiger partial charge in [0.2, 0.25) is 5.82 Å². The number of nitrogens with zero attached hydrogens (tertiary/aromatic N) is 2. The molecule has 3 aromatic rings. The van der Waals surface area contributed by atoms with Crippen molar-refractivity contribution < 1.29 is 18.4 Å². The fraction of sp³-hybridized carbons (Fsp3) is 0.125. The molecule has 0 aliphatic heterocycles. The Kier molecular flexibility index (Phi) is 4.43. The number of halogens is 2. The summed E-state index contributed by atoms with van der Waals surface area (Å²) in [7, 11) is 1.57. The van der Waals surface area contributed by atoms with Crippen molar-refractivity contribution in [2.75, 3.05) is 7.11 Å². The maximum atomic E-state index is 13.0. The maximum absolute atomic E-state index is 13.0. The van der Waals surface area contributed by atoms with Gasteiger partial charge in [0.25, 0.3) is 5.89 Å². The molecule has 0 saturated carbocycles. The standard InChI is InChI=1S/C16H12ClFN2O3/c1-21-13-5-3-2-4-11(13)16-19-15(23-20-16)9-22-14-7-6-10(18)8-12(14)17/h2-8H,9H2,1H3. The predicted octanol–water partition coefficient (Wildman–Crippen LogP) is 4.12. The second-order valence-corrected chi connectivity index (χ2v) is 4.98. The predicted molar refractivity (Wildman–Crippen MR) is 82.0 cm³/mol. The molecule has 0 radical (unpaired) electrons. The number of ether oxygens (including phenoxy) is 2. The summed E-state index contributed by atoms with van der Waals surface area (Å²) in [5.41, 5.74) is 0.713. The van der Waals surface area contributed by atoms with Crippen LogP contribution in [-0.2, 0) is 6.61 Å². The SMILES string of the molecule is COc1ccccc1-c1noc(COc2ccc(F)cc2Cl)n1. The monoisotopic (exact) mass is 334 g/mol. The van der Waals surface area contributed by atoms with E-state index in [2.05, 4.69) is 10.1 Å². The first-order chi connectivity index (χ1) is 11.2. The summed E-state index contributed by atoms with van der Waals surface area (Å²) in [4.78, 5) is 4.25. The van der Waals surface area contributed by atoms with Crippen molar-refractivity contribution in [3.05, 3.63) is 59.2 Å². The summed E-state index contributed by atoms with van der Waals surface area (Å²) < 4.78 is 28.8. The Morgan fingerprint density at radius 3 is 2.78 bits per heavy atom. The Morgan fingerprint density at radius 2 is 2.00 bits per heavy atom. The van der Waals surface area contributed by atoms with Gasteiger partial charge in [-0.05, 0) is 30.3 Å². The molecule has 0 spiro atoms. The minimum atomic E-state index is -0.432. The van der Waals surface area contributed by atoms with Crippen LogP contribution in [0.5, 0.6) is 11.5 Å². The molecule has 5 nitrogen and oxygen atoms in total. The maximum Gasteiger partial charge on any atom is 0.264 e. The zero-order chi connectivity index (χ0) is 16.2. The average molecular weight is 335 g/mol. The van der Waals surface area contributed by atoms with Crippen molar-refractivity contribution in [3.63, 3.8) is 0 Å². The number of rotatable bonds is 5. The number of hydrogen-bond acceptors (Lipinski definition) is 5. The molecule has 0 bridgehead atoms. The first-order valence-electron chi connectivity index (χ1n) is 6.71. The molecule has 0 amide bonds. The van der Waals surface area contributed by atoms with Gasteiger partial charge in [-0.3, -0.25) is 0 Å². The Labute approximate surface area is 136 Å². The van der Waals surface area contributed by atoms with E-state index in [0.717, 1.165) is 0 Å². The first kappa shape index (κ1) is 15.3. The van der Waals surface area contributed by atoms with Gasteiger partial charge in [-0.25, -0.2) is 4.39 Å². The highest BCUT2D eigenvalue weighted by molar-refractivity contribution is 6.32. The molecule has 0 aliphatic carbocycles. The van der Waals surface area contributed by atoms with E-state index in [-0.39, 0.29) is 17.5 Å². The Hall–Kier alpha value is -2.60. The molecule has 118 valence electrons. The van der Waals surface area contributed by atoms with Gasteiger partial charge in [0, 0.05) is 0 Å². The van der Waals surface area contributed by atoms with Crippen LogP contribution >= 0.6 is 11.6 Å². The molecule has 0 atom stereocenters. The van der Waals surface area contributed by atoms with Crippen LogP contribution in [0.3, 0.4) is 0 Å². The van der Waals surface area contributed by atoms with Gasteiger partial charge in [0.1, 0.15) is 17.3 Å². The van der Waals surface area contributed by atoms with Gasteiger partial charge in [0.05, 0.1) is 17.7 Å². The van der Waals surface area contributed by atoms with Gasteiger partial charge < -0.3 is 14.0 Å². The van der Waals surface area contributed by atoms with Crippen LogP contribution in [0.15, 0.2) is 47.0 Å². The van der Waals surface area contributed by atoms with Crippen molar-refractivity contribution in [2.45, 2.75) is 6.61 Å². The van der Waals surface area contributed by atoms with Crippen LogP contribution in [-0.4, -0.2) is 17.3 Å². The topological polar surface area (TPSA) is 57.4 Å². The van der Waals surface area contributed by atoms with Gasteiger partial charge in [-0.2, -0.15) is 4.98 Å². The van der Waals surface area contributed by atoms with Gasteiger partial charge >= 0.3 is 0 Å². The lowest BCUT2D eigenvalue weighted by Crippen LogP contribution is -1.97. The van der Waals surface area contributed by atoms with E-state index in [1.165, 1.54) is 18.2 Å². The summed E-state index contributed by atoms with van der Waals surface area (Å²) in [6, 6.07) is 11.2. The van der Waals surface area contributed by atoms with E-state index in [9.17, 15) is 4.39 Å². The van der Waals surface area contributed by atoms with Gasteiger partial charge in [0.15, 0.2) is 6.61 Å². The molecule has 2 aromatic carbocycles. The summed E-state index contributed by atoms with van der Waals surface area (Å²) in [6.07, 6.45) is 0. The van der Waals surface area contributed by atoms with E-state index in [4.69, 9.17) is 25.6 Å². The third-order valence-electron chi connectivity index (χ3n) is 3.06. The lowest BCUT2D eigenvalue weighted by atomic mass is 10.2. The number of benzene rings is 2. The minimum Gasteiger partial charge on any atom is -0.496 e. The molecule has 0 unspecified atom stereocenters. The van der Waals surface area contributed by atoms with E-state index in [1.807, 2.05) is 18.2 Å². The molecule has 1 aromatic heterocycles. The lowest BCUT2D eigenvalue weighted by Gasteiger charge is -2.05. The lowest BCUT2D eigenvalue weighted by molar-refractivity contribution is 0.243. The Bertz CT molecular complexity index is 823. The molecule has 0 fully saturated rings. The van der Waals surface area contributed by atoms with E-state index < -0.39 is 5.82 Å². The third-order valence-corrected chi connectivity index (χ3v) is 3.36. The number of para-hydroxylation sites is 1. The molecule has 0 saturated heterocycles. The number of aromatic nitrogens is 2. The van der Waals surface area contributed by atoms with Crippen LogP contribution in [0.2, 0.25) is 5.02 Å². The second kappa shape index (κ2) is 6.66. The van der Waals surface area contributed by atoms with Crippen molar-refractivity contribution in [2.24, 2.45) is 0 Å². The van der Waals surface area contributed by atoms with E-state index >= 15 is 0 Å². The molecular weight excluding hydrogens is 323 g/mol. The zero-order valence-corrected chi connectivity index (χ0v) is 12.9. The second-order valence-electron chi connectivity index (χ2n) is 4.58. The van der Waals surface area contributed by atoms with Crippen LogP contribution < -0.4 is 9.47 Å². The molecule has 0 aliphatic rings. The van der Waals surface area contributed by atoms with Crippen molar-refractivity contribution >= 4 is 11.6 Å². The molecule has 7 heteroatoms. The summed E-state index contributed by atoms with van der Waals surface area (Å²) in [6.45, 7) is 0.0213. The molecule has 1 heterocycles. The fourth-order valence-electron chi connectivity index (χ4n) is 1.98.